The minimum Gasteiger partial charge on any atom is -0.0915 e. The lowest BCUT2D eigenvalue weighted by Crippen LogP contribution is -1.67. The van der Waals surface area contributed by atoms with Gasteiger partial charge in [0.05, 0.1) is 0 Å². The highest BCUT2D eigenvalue weighted by atomic mass is 14.1. The first-order valence-corrected chi connectivity index (χ1v) is 2.76. The van der Waals surface area contributed by atoms with Crippen molar-refractivity contribution in [3.8, 4) is 0 Å². The van der Waals surface area contributed by atoms with E-state index in [1.165, 1.54) is 11.1 Å². The molecule has 42 valence electrons. The minimum atomic E-state index is 1.16. The van der Waals surface area contributed by atoms with Gasteiger partial charge in [-0.1, -0.05) is 24.3 Å². The lowest BCUT2D eigenvalue weighted by Gasteiger charge is -1.86. The zero-order chi connectivity index (χ0) is 6.15. The minimum absolute atomic E-state index is 1.16. The number of hydrogen-bond acceptors (Lipinski definition) is 0. The van der Waals surface area contributed by atoms with Gasteiger partial charge in [0.25, 0.3) is 0 Å². The Hall–Kier alpha value is -0.780. The molecule has 0 spiro atoms. The summed E-state index contributed by atoms with van der Waals surface area (Å²) in [5, 5.41) is 0. The summed E-state index contributed by atoms with van der Waals surface area (Å²) >= 11 is 0. The molecule has 0 radical (unpaired) electrons. The standard InChI is InChI=1S/C8H10/c1-6-4-7(2)8(3)5-6/h4-5H,2H2,1,3H3. The normalized spacial score (nSPS) is 18.5. The lowest BCUT2D eigenvalue weighted by atomic mass is 10.2. The van der Waals surface area contributed by atoms with Crippen LogP contribution in [0.1, 0.15) is 13.8 Å². The van der Waals surface area contributed by atoms with Crippen LogP contribution in [0.4, 0.5) is 0 Å². The molecule has 8 heavy (non-hydrogen) atoms. The molecule has 1 rings (SSSR count). The van der Waals surface area contributed by atoms with E-state index in [9.17, 15) is 0 Å². The van der Waals surface area contributed by atoms with Crippen molar-refractivity contribution in [1.29, 1.82) is 0 Å². The highest BCUT2D eigenvalue weighted by Gasteiger charge is 1.99. The summed E-state index contributed by atoms with van der Waals surface area (Å²) in [7, 11) is 0. The Labute approximate surface area is 50.2 Å². The van der Waals surface area contributed by atoms with Crippen LogP contribution in [0.25, 0.3) is 0 Å². The maximum absolute atomic E-state index is 3.84. The summed E-state index contributed by atoms with van der Waals surface area (Å²) in [6.45, 7) is 8.00. The van der Waals surface area contributed by atoms with E-state index in [-0.39, 0.29) is 0 Å². The predicted octanol–water partition coefficient (Wildman–Crippen LogP) is 2.45. The van der Waals surface area contributed by atoms with Crippen LogP contribution in [-0.4, -0.2) is 0 Å². The average Bonchev–Trinajstić information content (AvgIpc) is 1.85. The third-order valence-electron chi connectivity index (χ3n) is 1.35. The summed E-state index contributed by atoms with van der Waals surface area (Å²) < 4.78 is 0. The Morgan fingerprint density at radius 2 is 1.88 bits per heavy atom. The largest absolute Gasteiger partial charge is 0.0915 e. The van der Waals surface area contributed by atoms with Crippen molar-refractivity contribution in [2.45, 2.75) is 13.8 Å². The Balaban J connectivity index is 2.95. The SMILES string of the molecule is C=C1C=C(C)C=C1C. The second kappa shape index (κ2) is 1.62. The van der Waals surface area contributed by atoms with E-state index < -0.39 is 0 Å². The van der Waals surface area contributed by atoms with Crippen LogP contribution < -0.4 is 0 Å². The third kappa shape index (κ3) is 0.738. The molecule has 0 atom stereocenters. The van der Waals surface area contributed by atoms with Gasteiger partial charge >= 0.3 is 0 Å². The Kier molecular flexibility index (Phi) is 1.09. The van der Waals surface area contributed by atoms with Gasteiger partial charge in [-0.2, -0.15) is 0 Å². The van der Waals surface area contributed by atoms with Crippen LogP contribution in [0.2, 0.25) is 0 Å². The van der Waals surface area contributed by atoms with E-state index in [1.807, 2.05) is 0 Å². The number of hydrogen-bond donors (Lipinski definition) is 0. The molecule has 0 bridgehead atoms. The Bertz CT molecular complexity index is 177. The fourth-order valence-corrected chi connectivity index (χ4v) is 0.865. The maximum atomic E-state index is 3.84. The second-order valence-corrected chi connectivity index (χ2v) is 2.24. The maximum Gasteiger partial charge on any atom is -0.0297 e. The molecular weight excluding hydrogens is 96.1 g/mol. The molecule has 0 aliphatic heterocycles. The van der Waals surface area contributed by atoms with Crippen molar-refractivity contribution in [3.05, 3.63) is 35.5 Å². The van der Waals surface area contributed by atoms with Crippen molar-refractivity contribution in [3.63, 3.8) is 0 Å². The Morgan fingerprint density at radius 3 is 2.00 bits per heavy atom. The first-order chi connectivity index (χ1) is 3.70. The highest BCUT2D eigenvalue weighted by molar-refractivity contribution is 5.49. The van der Waals surface area contributed by atoms with Crippen LogP contribution in [0.5, 0.6) is 0 Å². The van der Waals surface area contributed by atoms with E-state index in [2.05, 4.69) is 32.6 Å². The topological polar surface area (TPSA) is 0 Å². The van der Waals surface area contributed by atoms with Gasteiger partial charge in [-0.3, -0.25) is 0 Å². The lowest BCUT2D eigenvalue weighted by molar-refractivity contribution is 1.48. The summed E-state index contributed by atoms with van der Waals surface area (Å²) in [6, 6.07) is 0. The van der Waals surface area contributed by atoms with E-state index in [4.69, 9.17) is 0 Å². The molecule has 0 saturated carbocycles. The molecule has 0 nitrogen and oxygen atoms in total. The van der Waals surface area contributed by atoms with Crippen LogP contribution >= 0.6 is 0 Å². The molecule has 0 aromatic heterocycles. The van der Waals surface area contributed by atoms with Crippen molar-refractivity contribution < 1.29 is 0 Å². The van der Waals surface area contributed by atoms with E-state index >= 15 is 0 Å². The fraction of sp³-hybridized carbons (Fsp3) is 0.250. The van der Waals surface area contributed by atoms with Gasteiger partial charge < -0.3 is 0 Å². The molecule has 0 aromatic rings. The van der Waals surface area contributed by atoms with E-state index in [0.717, 1.165) is 5.57 Å². The van der Waals surface area contributed by atoms with Gasteiger partial charge in [-0.15, -0.1) is 0 Å². The zero-order valence-corrected chi connectivity index (χ0v) is 5.36. The van der Waals surface area contributed by atoms with Gasteiger partial charge in [0, 0.05) is 0 Å². The molecule has 0 saturated heterocycles. The molecule has 0 heterocycles. The monoisotopic (exact) mass is 106 g/mol. The van der Waals surface area contributed by atoms with Crippen LogP contribution in [0.15, 0.2) is 35.5 Å². The van der Waals surface area contributed by atoms with E-state index in [1.54, 1.807) is 0 Å². The molecule has 1 aliphatic rings. The highest BCUT2D eigenvalue weighted by Crippen LogP contribution is 2.19. The van der Waals surface area contributed by atoms with Crippen LogP contribution in [0.3, 0.4) is 0 Å². The third-order valence-corrected chi connectivity index (χ3v) is 1.35. The van der Waals surface area contributed by atoms with Crippen molar-refractivity contribution in [2.75, 3.05) is 0 Å². The molecule has 0 aromatic carbocycles. The number of rotatable bonds is 0. The molecule has 0 N–H and O–H groups in total. The molecule has 1 aliphatic carbocycles. The first-order valence-electron chi connectivity index (χ1n) is 2.76. The number of allylic oxidation sites excluding steroid dienone is 5. The summed E-state index contributed by atoms with van der Waals surface area (Å²) in [5.74, 6) is 0. The zero-order valence-electron chi connectivity index (χ0n) is 5.36. The van der Waals surface area contributed by atoms with Crippen LogP contribution in [-0.2, 0) is 0 Å². The summed E-state index contributed by atoms with van der Waals surface area (Å²) in [5.41, 5.74) is 3.76. The van der Waals surface area contributed by atoms with E-state index in [0.29, 0.717) is 0 Å². The second-order valence-electron chi connectivity index (χ2n) is 2.24. The molecule has 0 unspecified atom stereocenters. The molecule has 0 heteroatoms. The van der Waals surface area contributed by atoms with Crippen molar-refractivity contribution >= 4 is 0 Å². The summed E-state index contributed by atoms with van der Waals surface area (Å²) in [6.07, 6.45) is 4.23. The van der Waals surface area contributed by atoms with Gasteiger partial charge in [0.1, 0.15) is 0 Å². The van der Waals surface area contributed by atoms with Crippen LogP contribution in [0, 0.1) is 0 Å². The quantitative estimate of drug-likeness (QED) is 0.445. The molecule has 0 amide bonds. The fourth-order valence-electron chi connectivity index (χ4n) is 0.865. The smallest absolute Gasteiger partial charge is 0.0297 e. The van der Waals surface area contributed by atoms with Crippen molar-refractivity contribution in [1.82, 2.24) is 0 Å². The first kappa shape index (κ1) is 5.36. The van der Waals surface area contributed by atoms with Crippen molar-refractivity contribution in [2.24, 2.45) is 0 Å². The van der Waals surface area contributed by atoms with Gasteiger partial charge in [-0.25, -0.2) is 0 Å². The summed E-state index contributed by atoms with van der Waals surface area (Å²) in [4.78, 5) is 0. The molecular formula is C8H10. The van der Waals surface area contributed by atoms with Gasteiger partial charge in [-0.05, 0) is 25.0 Å². The average molecular weight is 106 g/mol. The van der Waals surface area contributed by atoms with Gasteiger partial charge in [0.2, 0.25) is 0 Å². The Morgan fingerprint density at radius 1 is 1.25 bits per heavy atom. The predicted molar refractivity (Wildman–Crippen MR) is 36.7 cm³/mol. The van der Waals surface area contributed by atoms with Gasteiger partial charge in [0.15, 0.2) is 0 Å². The molecule has 0 fully saturated rings.